The van der Waals surface area contributed by atoms with Crippen LogP contribution in [0.4, 0.5) is 0 Å². The maximum absolute atomic E-state index is 12.2. The molecule has 6 heteroatoms. The highest BCUT2D eigenvalue weighted by Gasteiger charge is 2.15. The lowest BCUT2D eigenvalue weighted by molar-refractivity contribution is 0.0950. The van der Waals surface area contributed by atoms with Crippen LogP contribution in [-0.4, -0.2) is 20.9 Å². The second kappa shape index (κ2) is 7.90. The molecule has 0 bridgehead atoms. The van der Waals surface area contributed by atoms with E-state index < -0.39 is 10.0 Å². The summed E-state index contributed by atoms with van der Waals surface area (Å²) in [7, 11) is -3.65. The zero-order valence-corrected chi connectivity index (χ0v) is 14.3. The highest BCUT2D eigenvalue weighted by molar-refractivity contribution is 7.89. The summed E-state index contributed by atoms with van der Waals surface area (Å²) in [5.41, 5.74) is 2.42. The molecule has 0 aliphatic carbocycles. The number of hydrogen-bond acceptors (Lipinski definition) is 3. The summed E-state index contributed by atoms with van der Waals surface area (Å²) in [5, 5.41) is 2.79. The van der Waals surface area contributed by atoms with Gasteiger partial charge in [0.15, 0.2) is 0 Å². The minimum absolute atomic E-state index is 0.0485. The van der Waals surface area contributed by atoms with Crippen molar-refractivity contribution in [2.75, 3.05) is 6.54 Å². The van der Waals surface area contributed by atoms with Crippen LogP contribution >= 0.6 is 0 Å². The van der Waals surface area contributed by atoms with Crippen LogP contribution < -0.4 is 10.0 Å². The minimum Gasteiger partial charge on any atom is -0.348 e. The molecule has 2 aromatic carbocycles. The van der Waals surface area contributed by atoms with E-state index in [-0.39, 0.29) is 17.3 Å². The van der Waals surface area contributed by atoms with Gasteiger partial charge in [0, 0.05) is 18.7 Å². The van der Waals surface area contributed by atoms with Gasteiger partial charge in [-0.2, -0.15) is 0 Å². The highest BCUT2D eigenvalue weighted by Crippen LogP contribution is 2.12. The quantitative estimate of drug-likeness (QED) is 0.757. The molecule has 0 spiro atoms. The fourth-order valence-corrected chi connectivity index (χ4v) is 3.09. The molecule has 0 aromatic heterocycles. The zero-order valence-electron chi connectivity index (χ0n) is 13.5. The third-order valence-corrected chi connectivity index (χ3v) is 4.82. The first-order chi connectivity index (χ1) is 11.4. The number of hydrogen-bond donors (Lipinski definition) is 2. The van der Waals surface area contributed by atoms with Crippen LogP contribution in [0.15, 0.2) is 66.1 Å². The van der Waals surface area contributed by atoms with Crippen molar-refractivity contribution in [2.45, 2.75) is 18.4 Å². The summed E-state index contributed by atoms with van der Waals surface area (Å²) in [5.74, 6) is -0.323. The molecule has 0 aliphatic rings. The first kappa shape index (κ1) is 17.9. The Kier molecular flexibility index (Phi) is 5.89. The number of amides is 1. The summed E-state index contributed by atoms with van der Waals surface area (Å²) in [6.45, 7) is 5.98. The largest absolute Gasteiger partial charge is 0.348 e. The highest BCUT2D eigenvalue weighted by atomic mass is 32.2. The van der Waals surface area contributed by atoms with Crippen LogP contribution in [0.3, 0.4) is 0 Å². The lowest BCUT2D eigenvalue weighted by Crippen LogP contribution is -2.25. The van der Waals surface area contributed by atoms with Gasteiger partial charge in [0.2, 0.25) is 10.0 Å². The normalized spacial score (nSPS) is 11.0. The van der Waals surface area contributed by atoms with E-state index in [1.54, 1.807) is 12.1 Å². The molecular weight excluding hydrogens is 324 g/mol. The Morgan fingerprint density at radius 3 is 2.54 bits per heavy atom. The summed E-state index contributed by atoms with van der Waals surface area (Å²) in [6.07, 6.45) is 1.45. The third kappa shape index (κ3) is 4.78. The number of nitrogens with one attached hydrogen (secondary N) is 2. The second-order valence-electron chi connectivity index (χ2n) is 5.34. The smallest absolute Gasteiger partial charge is 0.251 e. The average Bonchev–Trinajstić information content (AvgIpc) is 2.59. The van der Waals surface area contributed by atoms with E-state index in [9.17, 15) is 13.2 Å². The Hall–Kier alpha value is -2.44. The van der Waals surface area contributed by atoms with Crippen LogP contribution in [0, 0.1) is 6.92 Å². The van der Waals surface area contributed by atoms with Gasteiger partial charge in [0.1, 0.15) is 0 Å². The average molecular weight is 344 g/mol. The van der Waals surface area contributed by atoms with Crippen LogP contribution in [0.2, 0.25) is 0 Å². The molecule has 0 atom stereocenters. The molecule has 24 heavy (non-hydrogen) atoms. The molecule has 0 radical (unpaired) electrons. The summed E-state index contributed by atoms with van der Waals surface area (Å²) >= 11 is 0. The fraction of sp³-hybridized carbons (Fsp3) is 0.167. The Bertz CT molecular complexity index is 828. The maximum Gasteiger partial charge on any atom is 0.251 e. The van der Waals surface area contributed by atoms with Crippen molar-refractivity contribution in [2.24, 2.45) is 0 Å². The van der Waals surface area contributed by atoms with Gasteiger partial charge in [-0.3, -0.25) is 4.79 Å². The topological polar surface area (TPSA) is 75.3 Å². The molecule has 2 aromatic rings. The maximum atomic E-state index is 12.2. The van der Waals surface area contributed by atoms with Crippen molar-refractivity contribution in [1.82, 2.24) is 10.0 Å². The Morgan fingerprint density at radius 1 is 1.17 bits per heavy atom. The molecule has 0 saturated heterocycles. The third-order valence-electron chi connectivity index (χ3n) is 3.40. The number of carbonyl (C=O) groups is 1. The van der Waals surface area contributed by atoms with E-state index in [1.165, 1.54) is 18.2 Å². The first-order valence-corrected chi connectivity index (χ1v) is 8.95. The van der Waals surface area contributed by atoms with Crippen LogP contribution in [0.25, 0.3) is 0 Å². The SMILES string of the molecule is C=CCNS(=O)(=O)c1cccc(C(=O)NCc2ccc(C)cc2)c1. The monoisotopic (exact) mass is 344 g/mol. The van der Waals surface area contributed by atoms with E-state index >= 15 is 0 Å². The first-order valence-electron chi connectivity index (χ1n) is 7.47. The van der Waals surface area contributed by atoms with Crippen molar-refractivity contribution in [1.29, 1.82) is 0 Å². The number of carbonyl (C=O) groups excluding carboxylic acids is 1. The molecular formula is C18H20N2O3S. The Balaban J connectivity index is 2.08. The van der Waals surface area contributed by atoms with Gasteiger partial charge in [-0.05, 0) is 30.7 Å². The number of rotatable bonds is 7. The van der Waals surface area contributed by atoms with E-state index in [4.69, 9.17) is 0 Å². The fourth-order valence-electron chi connectivity index (χ4n) is 2.05. The van der Waals surface area contributed by atoms with Gasteiger partial charge in [-0.1, -0.05) is 42.0 Å². The van der Waals surface area contributed by atoms with Crippen LogP contribution in [-0.2, 0) is 16.6 Å². The van der Waals surface area contributed by atoms with Crippen LogP contribution in [0.1, 0.15) is 21.5 Å². The van der Waals surface area contributed by atoms with Crippen molar-refractivity contribution in [3.05, 3.63) is 77.9 Å². The van der Waals surface area contributed by atoms with Crippen LogP contribution in [0.5, 0.6) is 0 Å². The Morgan fingerprint density at radius 2 is 1.88 bits per heavy atom. The molecule has 0 heterocycles. The van der Waals surface area contributed by atoms with Gasteiger partial charge in [-0.15, -0.1) is 6.58 Å². The van der Waals surface area contributed by atoms with Crippen molar-refractivity contribution >= 4 is 15.9 Å². The van der Waals surface area contributed by atoms with E-state index in [1.807, 2.05) is 31.2 Å². The molecule has 5 nitrogen and oxygen atoms in total. The molecule has 126 valence electrons. The summed E-state index contributed by atoms with van der Waals surface area (Å²) in [6, 6.07) is 13.8. The number of aryl methyl sites for hydroxylation is 1. The molecule has 0 saturated carbocycles. The molecule has 0 fully saturated rings. The van der Waals surface area contributed by atoms with Crippen molar-refractivity contribution in [3.8, 4) is 0 Å². The van der Waals surface area contributed by atoms with E-state index in [0.717, 1.165) is 11.1 Å². The molecule has 0 aliphatic heterocycles. The summed E-state index contributed by atoms with van der Waals surface area (Å²) in [4.78, 5) is 12.3. The van der Waals surface area contributed by atoms with Gasteiger partial charge in [0.25, 0.3) is 5.91 Å². The van der Waals surface area contributed by atoms with Crippen molar-refractivity contribution in [3.63, 3.8) is 0 Å². The number of sulfonamides is 1. The minimum atomic E-state index is -3.65. The van der Waals surface area contributed by atoms with Gasteiger partial charge < -0.3 is 5.32 Å². The van der Waals surface area contributed by atoms with Gasteiger partial charge in [0.05, 0.1) is 4.90 Å². The predicted molar refractivity (Wildman–Crippen MR) is 94.2 cm³/mol. The molecule has 2 rings (SSSR count). The van der Waals surface area contributed by atoms with Gasteiger partial charge in [-0.25, -0.2) is 13.1 Å². The second-order valence-corrected chi connectivity index (χ2v) is 7.10. The van der Waals surface area contributed by atoms with E-state index in [2.05, 4.69) is 16.6 Å². The van der Waals surface area contributed by atoms with Gasteiger partial charge >= 0.3 is 0 Å². The molecule has 1 amide bonds. The molecule has 2 N–H and O–H groups in total. The lowest BCUT2D eigenvalue weighted by Gasteiger charge is -2.08. The number of benzene rings is 2. The molecule has 0 unspecified atom stereocenters. The van der Waals surface area contributed by atoms with E-state index in [0.29, 0.717) is 12.1 Å². The van der Waals surface area contributed by atoms with Crippen molar-refractivity contribution < 1.29 is 13.2 Å². The predicted octanol–water partition coefficient (Wildman–Crippen LogP) is 2.39. The summed E-state index contributed by atoms with van der Waals surface area (Å²) < 4.78 is 26.5. The zero-order chi connectivity index (χ0) is 17.6. The Labute approximate surface area is 142 Å². The standard InChI is InChI=1S/C18H20N2O3S/c1-3-11-20-24(22,23)17-6-4-5-16(12-17)18(21)19-13-15-9-7-14(2)8-10-15/h3-10,12,20H,1,11,13H2,2H3,(H,19,21). The lowest BCUT2D eigenvalue weighted by atomic mass is 10.1.